The highest BCUT2D eigenvalue weighted by atomic mass is 16.1. The fraction of sp³-hybridized carbons (Fsp3) is 0. The molecule has 0 unspecified atom stereocenters. The number of hydrogen-bond donors (Lipinski definition) is 3. The van der Waals surface area contributed by atoms with E-state index in [0.29, 0.717) is 28.2 Å². The number of imidazole rings is 1. The summed E-state index contributed by atoms with van der Waals surface area (Å²) in [5.41, 5.74) is 3.88. The zero-order valence-corrected chi connectivity index (χ0v) is 11.9. The second kappa shape index (κ2) is 5.38. The van der Waals surface area contributed by atoms with Gasteiger partial charge in [0.2, 0.25) is 0 Å². The number of benzene rings is 1. The molecule has 1 aromatic carbocycles. The number of nitrogens with one attached hydrogen (secondary N) is 3. The summed E-state index contributed by atoms with van der Waals surface area (Å²) in [4.78, 5) is 24.0. The van der Waals surface area contributed by atoms with Crippen molar-refractivity contribution in [2.75, 3.05) is 5.32 Å². The molecule has 7 nitrogen and oxygen atoms in total. The molecule has 0 aliphatic carbocycles. The summed E-state index contributed by atoms with van der Waals surface area (Å²) in [6.45, 7) is 0. The average Bonchev–Trinajstić information content (AvgIpc) is 3.24. The van der Waals surface area contributed by atoms with E-state index in [9.17, 15) is 4.79 Å². The Balaban J connectivity index is 1.68. The van der Waals surface area contributed by atoms with Crippen LogP contribution in [0.3, 0.4) is 0 Å². The Labute approximate surface area is 130 Å². The lowest BCUT2D eigenvalue weighted by atomic mass is 10.1. The molecule has 0 saturated carbocycles. The summed E-state index contributed by atoms with van der Waals surface area (Å²) in [6, 6.07) is 11.0. The third-order valence-corrected chi connectivity index (χ3v) is 3.50. The van der Waals surface area contributed by atoms with Crippen molar-refractivity contribution in [2.45, 2.75) is 0 Å². The molecule has 0 fully saturated rings. The molecular weight excluding hydrogens is 292 g/mol. The standard InChI is InChI=1S/C16H12N6O/c23-16(10-4-3-6-11-14(10)19-9-18-11)21-13-8-20-22-15(13)12-5-1-2-7-17-12/h1-9H,(H,18,19)(H,20,22)(H,21,23). The van der Waals surface area contributed by atoms with E-state index >= 15 is 0 Å². The molecule has 23 heavy (non-hydrogen) atoms. The van der Waals surface area contributed by atoms with Gasteiger partial charge in [-0.15, -0.1) is 0 Å². The molecule has 0 bridgehead atoms. The van der Waals surface area contributed by atoms with Crippen LogP contribution >= 0.6 is 0 Å². The molecule has 7 heteroatoms. The molecule has 0 saturated heterocycles. The van der Waals surface area contributed by atoms with Gasteiger partial charge < -0.3 is 10.3 Å². The molecule has 0 radical (unpaired) electrons. The van der Waals surface area contributed by atoms with Gasteiger partial charge in [0.15, 0.2) is 0 Å². The van der Waals surface area contributed by atoms with Crippen LogP contribution in [0.4, 0.5) is 5.69 Å². The van der Waals surface area contributed by atoms with Crippen molar-refractivity contribution < 1.29 is 4.79 Å². The van der Waals surface area contributed by atoms with Gasteiger partial charge in [0.25, 0.3) is 5.91 Å². The van der Waals surface area contributed by atoms with Crippen molar-refractivity contribution in [1.82, 2.24) is 25.1 Å². The Morgan fingerprint density at radius 1 is 1.09 bits per heavy atom. The molecule has 112 valence electrons. The average molecular weight is 304 g/mol. The quantitative estimate of drug-likeness (QED) is 0.541. The topological polar surface area (TPSA) is 99.4 Å². The van der Waals surface area contributed by atoms with Gasteiger partial charge in [-0.1, -0.05) is 12.1 Å². The van der Waals surface area contributed by atoms with Crippen LogP contribution in [-0.4, -0.2) is 31.1 Å². The van der Waals surface area contributed by atoms with Crippen LogP contribution in [-0.2, 0) is 0 Å². The van der Waals surface area contributed by atoms with Gasteiger partial charge in [-0.2, -0.15) is 5.10 Å². The number of anilines is 1. The third-order valence-electron chi connectivity index (χ3n) is 3.50. The Bertz CT molecular complexity index is 972. The number of para-hydroxylation sites is 1. The summed E-state index contributed by atoms with van der Waals surface area (Å²) in [6.07, 6.45) is 4.82. The molecule has 3 aromatic heterocycles. The highest BCUT2D eigenvalue weighted by Crippen LogP contribution is 2.24. The van der Waals surface area contributed by atoms with Crippen LogP contribution in [0.5, 0.6) is 0 Å². The van der Waals surface area contributed by atoms with Crippen LogP contribution in [0, 0.1) is 0 Å². The molecule has 4 rings (SSSR count). The normalized spacial score (nSPS) is 10.8. The maximum Gasteiger partial charge on any atom is 0.258 e. The predicted molar refractivity (Wildman–Crippen MR) is 85.9 cm³/mol. The summed E-state index contributed by atoms with van der Waals surface area (Å²) in [7, 11) is 0. The third kappa shape index (κ3) is 2.34. The molecular formula is C16H12N6O. The zero-order chi connectivity index (χ0) is 15.6. The van der Waals surface area contributed by atoms with Crippen LogP contribution in [0.1, 0.15) is 10.4 Å². The van der Waals surface area contributed by atoms with Gasteiger partial charge >= 0.3 is 0 Å². The highest BCUT2D eigenvalue weighted by molar-refractivity contribution is 6.12. The molecule has 3 heterocycles. The van der Waals surface area contributed by atoms with Crippen molar-refractivity contribution in [3.8, 4) is 11.4 Å². The van der Waals surface area contributed by atoms with E-state index in [4.69, 9.17) is 0 Å². The SMILES string of the molecule is O=C(Nc1cn[nH]c1-c1ccccn1)c1cccc2[nH]cnc12. The second-order valence-electron chi connectivity index (χ2n) is 4.93. The Morgan fingerprint density at radius 2 is 2.04 bits per heavy atom. The maximum atomic E-state index is 12.6. The lowest BCUT2D eigenvalue weighted by molar-refractivity contribution is 0.102. The first-order valence-electron chi connectivity index (χ1n) is 7.01. The minimum Gasteiger partial charge on any atom is -0.345 e. The first kappa shape index (κ1) is 13.2. The van der Waals surface area contributed by atoms with Crippen molar-refractivity contribution in [3.05, 3.63) is 60.7 Å². The Hall–Kier alpha value is -3.48. The fourth-order valence-corrected chi connectivity index (χ4v) is 2.43. The van der Waals surface area contributed by atoms with Gasteiger partial charge in [0.1, 0.15) is 11.2 Å². The van der Waals surface area contributed by atoms with E-state index < -0.39 is 0 Å². The minimum absolute atomic E-state index is 0.249. The first-order valence-corrected chi connectivity index (χ1v) is 7.01. The number of aromatic nitrogens is 5. The van der Waals surface area contributed by atoms with Crippen LogP contribution < -0.4 is 5.32 Å². The summed E-state index contributed by atoms with van der Waals surface area (Å²) >= 11 is 0. The summed E-state index contributed by atoms with van der Waals surface area (Å²) in [5, 5.41) is 9.72. The number of rotatable bonds is 3. The number of fused-ring (bicyclic) bond motifs is 1. The van der Waals surface area contributed by atoms with E-state index in [1.807, 2.05) is 30.3 Å². The van der Waals surface area contributed by atoms with Crippen molar-refractivity contribution in [1.29, 1.82) is 0 Å². The lowest BCUT2D eigenvalue weighted by Crippen LogP contribution is -2.12. The molecule has 0 aliphatic heterocycles. The van der Waals surface area contributed by atoms with Gasteiger partial charge in [0.05, 0.1) is 35.0 Å². The molecule has 3 N–H and O–H groups in total. The van der Waals surface area contributed by atoms with Gasteiger partial charge in [0, 0.05) is 6.20 Å². The Morgan fingerprint density at radius 3 is 2.91 bits per heavy atom. The number of pyridine rings is 1. The Kier molecular flexibility index (Phi) is 3.09. The lowest BCUT2D eigenvalue weighted by Gasteiger charge is -2.06. The predicted octanol–water partition coefficient (Wildman–Crippen LogP) is 2.60. The van der Waals surface area contributed by atoms with Crippen molar-refractivity contribution >= 4 is 22.6 Å². The fourth-order valence-electron chi connectivity index (χ4n) is 2.43. The molecule has 4 aromatic rings. The van der Waals surface area contributed by atoms with Crippen LogP contribution in [0.15, 0.2) is 55.1 Å². The number of amides is 1. The molecule has 0 spiro atoms. The number of carbonyl (C=O) groups is 1. The molecule has 0 aliphatic rings. The van der Waals surface area contributed by atoms with Crippen LogP contribution in [0.2, 0.25) is 0 Å². The zero-order valence-electron chi connectivity index (χ0n) is 11.9. The van der Waals surface area contributed by atoms with E-state index in [-0.39, 0.29) is 5.91 Å². The number of hydrogen-bond acceptors (Lipinski definition) is 4. The second-order valence-corrected chi connectivity index (χ2v) is 4.93. The molecule has 1 amide bonds. The maximum absolute atomic E-state index is 12.6. The van der Waals surface area contributed by atoms with Gasteiger partial charge in [-0.25, -0.2) is 4.98 Å². The van der Waals surface area contributed by atoms with E-state index in [0.717, 1.165) is 5.52 Å². The van der Waals surface area contributed by atoms with Crippen LogP contribution in [0.25, 0.3) is 22.4 Å². The molecule has 0 atom stereocenters. The van der Waals surface area contributed by atoms with E-state index in [1.54, 1.807) is 24.8 Å². The van der Waals surface area contributed by atoms with Crippen molar-refractivity contribution in [2.24, 2.45) is 0 Å². The largest absolute Gasteiger partial charge is 0.345 e. The van der Waals surface area contributed by atoms with Crippen molar-refractivity contribution in [3.63, 3.8) is 0 Å². The smallest absolute Gasteiger partial charge is 0.258 e. The first-order chi connectivity index (χ1) is 11.3. The number of carbonyl (C=O) groups excluding carboxylic acids is 1. The van der Waals surface area contributed by atoms with Gasteiger partial charge in [-0.05, 0) is 24.3 Å². The summed E-state index contributed by atoms with van der Waals surface area (Å²) < 4.78 is 0. The minimum atomic E-state index is -0.249. The number of nitrogens with zero attached hydrogens (tertiary/aromatic N) is 3. The number of H-pyrrole nitrogens is 2. The van der Waals surface area contributed by atoms with E-state index in [2.05, 4.69) is 30.5 Å². The van der Waals surface area contributed by atoms with E-state index in [1.165, 1.54) is 0 Å². The van der Waals surface area contributed by atoms with Gasteiger partial charge in [-0.3, -0.25) is 14.9 Å². The number of aromatic amines is 2. The monoisotopic (exact) mass is 304 g/mol. The highest BCUT2D eigenvalue weighted by Gasteiger charge is 2.15. The summed E-state index contributed by atoms with van der Waals surface area (Å²) in [5.74, 6) is -0.249.